The summed E-state index contributed by atoms with van der Waals surface area (Å²) in [5.74, 6) is -0.390. The van der Waals surface area contributed by atoms with Crippen molar-refractivity contribution < 1.29 is 27.2 Å². The number of aromatic nitrogens is 2. The van der Waals surface area contributed by atoms with Gasteiger partial charge in [-0.1, -0.05) is 23.4 Å². The number of nitrogens with zero attached hydrogens (tertiary/aromatic N) is 3. The largest absolute Gasteiger partial charge is 0.416 e. The molecular weight excluding hydrogens is 411 g/mol. The predicted octanol–water partition coefficient (Wildman–Crippen LogP) is 3.60. The molecule has 1 aliphatic carbocycles. The van der Waals surface area contributed by atoms with Gasteiger partial charge in [-0.15, -0.1) is 0 Å². The molecule has 1 aromatic carbocycles. The first-order valence-electron chi connectivity index (χ1n) is 9.79. The number of hydrogen-bond acceptors (Lipinski definition) is 4. The van der Waals surface area contributed by atoms with E-state index in [0.29, 0.717) is 18.6 Å². The molecule has 2 aromatic heterocycles. The molecular formula is C22H19F3N3O3+. The maximum absolute atomic E-state index is 13.1. The fourth-order valence-corrected chi connectivity index (χ4v) is 3.22. The molecule has 0 N–H and O–H groups in total. The maximum Gasteiger partial charge on any atom is 0.416 e. The van der Waals surface area contributed by atoms with Crippen LogP contribution in [-0.4, -0.2) is 16.8 Å². The van der Waals surface area contributed by atoms with Crippen molar-refractivity contribution >= 4 is 17.8 Å². The van der Waals surface area contributed by atoms with Crippen LogP contribution in [0, 0.1) is 5.92 Å². The standard InChI is InChI=1S/C22H19F3N3O3/c23-22(24,25)17-6-3-5-16(13-17)18-14-27(19-7-1-2-12-28(19)20(18)29)11-4-10-26-31-21(30)15-8-9-15/h1-3,5-7,10,12-15H,4,8-9,11H2/q+1/b26-10-. The zero-order valence-electron chi connectivity index (χ0n) is 16.4. The van der Waals surface area contributed by atoms with Gasteiger partial charge in [0.2, 0.25) is 0 Å². The van der Waals surface area contributed by atoms with Crippen molar-refractivity contribution in [1.29, 1.82) is 0 Å². The van der Waals surface area contributed by atoms with Crippen LogP contribution in [0.25, 0.3) is 16.8 Å². The van der Waals surface area contributed by atoms with Crippen LogP contribution in [0.15, 0.2) is 64.8 Å². The summed E-state index contributed by atoms with van der Waals surface area (Å²) in [4.78, 5) is 29.2. The van der Waals surface area contributed by atoms with E-state index in [1.165, 1.54) is 28.9 Å². The summed E-state index contributed by atoms with van der Waals surface area (Å²) in [6.45, 7) is 0.379. The van der Waals surface area contributed by atoms with Gasteiger partial charge in [-0.05, 0) is 36.6 Å². The van der Waals surface area contributed by atoms with E-state index in [-0.39, 0.29) is 23.0 Å². The van der Waals surface area contributed by atoms with Gasteiger partial charge in [0.1, 0.15) is 11.8 Å². The first-order chi connectivity index (χ1) is 14.8. The highest BCUT2D eigenvalue weighted by atomic mass is 19.4. The highest BCUT2D eigenvalue weighted by Gasteiger charge is 2.32. The number of carbonyl (C=O) groups excluding carboxylic acids is 1. The van der Waals surface area contributed by atoms with Crippen molar-refractivity contribution in [3.63, 3.8) is 0 Å². The Labute approximate surface area is 175 Å². The molecule has 0 saturated heterocycles. The average molecular weight is 430 g/mol. The summed E-state index contributed by atoms with van der Waals surface area (Å²) in [7, 11) is 0. The molecule has 2 heterocycles. The number of rotatable bonds is 6. The van der Waals surface area contributed by atoms with Gasteiger partial charge < -0.3 is 4.84 Å². The summed E-state index contributed by atoms with van der Waals surface area (Å²) in [5.41, 5.74) is -0.339. The third kappa shape index (κ3) is 4.65. The lowest BCUT2D eigenvalue weighted by Crippen LogP contribution is -2.43. The van der Waals surface area contributed by atoms with Crippen LogP contribution in [0.1, 0.15) is 24.8 Å². The van der Waals surface area contributed by atoms with Gasteiger partial charge in [-0.25, -0.2) is 14.2 Å². The van der Waals surface area contributed by atoms with Crippen LogP contribution in [0.2, 0.25) is 0 Å². The number of benzene rings is 1. The smallest absolute Gasteiger partial charge is 0.318 e. The first-order valence-corrected chi connectivity index (χ1v) is 9.79. The van der Waals surface area contributed by atoms with Crippen LogP contribution >= 0.6 is 0 Å². The van der Waals surface area contributed by atoms with Crippen molar-refractivity contribution in [3.8, 4) is 11.1 Å². The van der Waals surface area contributed by atoms with Gasteiger partial charge in [-0.2, -0.15) is 17.6 Å². The van der Waals surface area contributed by atoms with Gasteiger partial charge >= 0.3 is 17.7 Å². The number of oxime groups is 1. The summed E-state index contributed by atoms with van der Waals surface area (Å²) in [6.07, 6.45) is 2.11. The summed E-state index contributed by atoms with van der Waals surface area (Å²) >= 11 is 0. The Morgan fingerprint density at radius 2 is 2.03 bits per heavy atom. The Morgan fingerprint density at radius 3 is 2.77 bits per heavy atom. The number of aryl methyl sites for hydroxylation is 1. The highest BCUT2D eigenvalue weighted by molar-refractivity contribution is 5.75. The summed E-state index contributed by atoms with van der Waals surface area (Å²) < 4.78 is 42.5. The van der Waals surface area contributed by atoms with Gasteiger partial charge in [-0.3, -0.25) is 0 Å². The molecule has 0 atom stereocenters. The van der Waals surface area contributed by atoms with Gasteiger partial charge in [0, 0.05) is 18.7 Å². The molecule has 0 bridgehead atoms. The van der Waals surface area contributed by atoms with E-state index >= 15 is 0 Å². The van der Waals surface area contributed by atoms with Crippen molar-refractivity contribution in [2.24, 2.45) is 11.1 Å². The molecule has 0 radical (unpaired) electrons. The van der Waals surface area contributed by atoms with E-state index in [1.807, 2.05) is 0 Å². The molecule has 1 saturated carbocycles. The quantitative estimate of drug-likeness (QED) is 0.260. The summed E-state index contributed by atoms with van der Waals surface area (Å²) in [6, 6.07) is 9.87. The topological polar surface area (TPSA) is 64.8 Å². The van der Waals surface area contributed by atoms with Crippen molar-refractivity contribution in [3.05, 3.63) is 70.8 Å². The number of halogens is 3. The number of carbonyl (C=O) groups is 1. The molecule has 1 fully saturated rings. The zero-order valence-corrected chi connectivity index (χ0v) is 16.4. The minimum absolute atomic E-state index is 0.0495. The lowest BCUT2D eigenvalue weighted by atomic mass is 10.1. The highest BCUT2D eigenvalue weighted by Crippen LogP contribution is 2.31. The molecule has 0 unspecified atom stereocenters. The van der Waals surface area contributed by atoms with E-state index in [0.717, 1.165) is 25.0 Å². The molecule has 9 heteroatoms. The second kappa shape index (κ2) is 8.33. The second-order valence-electron chi connectivity index (χ2n) is 7.31. The predicted molar refractivity (Wildman–Crippen MR) is 106 cm³/mol. The molecule has 3 aromatic rings. The third-order valence-electron chi connectivity index (χ3n) is 4.99. The Balaban J connectivity index is 1.64. The molecule has 1 aliphatic rings. The van der Waals surface area contributed by atoms with E-state index in [9.17, 15) is 22.8 Å². The zero-order chi connectivity index (χ0) is 22.0. The Morgan fingerprint density at radius 1 is 1.23 bits per heavy atom. The first kappa shape index (κ1) is 20.8. The van der Waals surface area contributed by atoms with Crippen LogP contribution in [0.4, 0.5) is 13.2 Å². The van der Waals surface area contributed by atoms with Crippen molar-refractivity contribution in [2.45, 2.75) is 32.0 Å². The van der Waals surface area contributed by atoms with Gasteiger partial charge in [0.15, 0.2) is 0 Å². The fourth-order valence-electron chi connectivity index (χ4n) is 3.22. The Kier molecular flexibility index (Phi) is 5.58. The van der Waals surface area contributed by atoms with E-state index in [1.54, 1.807) is 29.0 Å². The lowest BCUT2D eigenvalue weighted by molar-refractivity contribution is -0.531. The van der Waals surface area contributed by atoms with Crippen LogP contribution in [-0.2, 0) is 22.4 Å². The normalized spacial score (nSPS) is 14.3. The second-order valence-corrected chi connectivity index (χ2v) is 7.31. The Bertz CT molecular complexity index is 1210. The molecule has 160 valence electrons. The number of fused-ring (bicyclic) bond motifs is 1. The lowest BCUT2D eigenvalue weighted by Gasteiger charge is -2.09. The number of pyridine rings is 1. The SMILES string of the molecule is O=C(O/N=C\CCn1cc(-c2cccc(C(F)(F)F)c2)c(=O)[n+]2ccccc12)C1CC1. The van der Waals surface area contributed by atoms with Crippen molar-refractivity contribution in [1.82, 2.24) is 4.57 Å². The van der Waals surface area contributed by atoms with E-state index in [4.69, 9.17) is 4.84 Å². The molecule has 0 aliphatic heterocycles. The maximum atomic E-state index is 13.1. The van der Waals surface area contributed by atoms with Crippen LogP contribution < -0.4 is 9.96 Å². The minimum Gasteiger partial charge on any atom is -0.318 e. The minimum atomic E-state index is -4.51. The third-order valence-corrected chi connectivity index (χ3v) is 4.99. The summed E-state index contributed by atoms with van der Waals surface area (Å²) in [5, 5.41) is 3.68. The average Bonchev–Trinajstić information content (AvgIpc) is 3.60. The molecule has 0 spiro atoms. The molecule has 0 amide bonds. The monoisotopic (exact) mass is 430 g/mol. The van der Waals surface area contributed by atoms with Gasteiger partial charge in [0.05, 0.1) is 24.2 Å². The number of hydrogen-bond donors (Lipinski definition) is 0. The van der Waals surface area contributed by atoms with Crippen molar-refractivity contribution in [2.75, 3.05) is 0 Å². The molecule has 4 rings (SSSR count). The van der Waals surface area contributed by atoms with E-state index in [2.05, 4.69) is 5.16 Å². The Hall–Kier alpha value is -3.49. The van der Waals surface area contributed by atoms with E-state index < -0.39 is 17.3 Å². The molecule has 31 heavy (non-hydrogen) atoms. The van der Waals surface area contributed by atoms with Gasteiger partial charge in [0.25, 0.3) is 5.65 Å². The fraction of sp³-hybridized carbons (Fsp3) is 0.273. The van der Waals surface area contributed by atoms with Crippen LogP contribution in [0.3, 0.4) is 0 Å². The number of alkyl halides is 3. The molecule has 6 nitrogen and oxygen atoms in total. The van der Waals surface area contributed by atoms with Crippen LogP contribution in [0.5, 0.6) is 0 Å².